The summed E-state index contributed by atoms with van der Waals surface area (Å²) in [5.41, 5.74) is 3.10. The van der Waals surface area contributed by atoms with Gasteiger partial charge in [0.2, 0.25) is 0 Å². The molecule has 1 aliphatic rings. The van der Waals surface area contributed by atoms with E-state index in [0.29, 0.717) is 25.1 Å². The highest BCUT2D eigenvalue weighted by Gasteiger charge is 2.43. The van der Waals surface area contributed by atoms with Gasteiger partial charge in [-0.05, 0) is 68.5 Å². The Hall–Kier alpha value is -3.02. The summed E-state index contributed by atoms with van der Waals surface area (Å²) in [6.45, 7) is 8.61. The molecule has 0 heterocycles. The van der Waals surface area contributed by atoms with Crippen molar-refractivity contribution < 1.29 is 14.3 Å². The normalized spacial score (nSPS) is 16.9. The predicted molar refractivity (Wildman–Crippen MR) is 138 cm³/mol. The number of benzene rings is 2. The highest BCUT2D eigenvalue weighted by molar-refractivity contribution is 6.00. The van der Waals surface area contributed by atoms with E-state index in [1.807, 2.05) is 42.5 Å². The molecule has 34 heavy (non-hydrogen) atoms. The zero-order chi connectivity index (χ0) is 24.4. The second-order valence-electron chi connectivity index (χ2n) is 9.02. The third-order valence-corrected chi connectivity index (χ3v) is 6.69. The van der Waals surface area contributed by atoms with Gasteiger partial charge in [0.05, 0.1) is 6.61 Å². The first kappa shape index (κ1) is 25.6. The van der Waals surface area contributed by atoms with Gasteiger partial charge < -0.3 is 20.3 Å². The smallest absolute Gasteiger partial charge is 0.408 e. The molecule has 1 atom stereocenters. The summed E-state index contributed by atoms with van der Waals surface area (Å²) in [6.07, 6.45) is 5.29. The van der Waals surface area contributed by atoms with Crippen molar-refractivity contribution in [3.8, 4) is 0 Å². The van der Waals surface area contributed by atoms with Crippen LogP contribution in [0.5, 0.6) is 0 Å². The monoisotopic (exact) mass is 465 g/mol. The molecule has 0 aliphatic heterocycles. The zero-order valence-corrected chi connectivity index (χ0v) is 20.9. The maximum absolute atomic E-state index is 13.6. The second-order valence-corrected chi connectivity index (χ2v) is 9.02. The van der Waals surface area contributed by atoms with Crippen molar-refractivity contribution in [2.75, 3.05) is 29.9 Å². The predicted octanol–water partition coefficient (Wildman–Crippen LogP) is 5.71. The Balaban J connectivity index is 1.73. The first-order valence-corrected chi connectivity index (χ1v) is 12.7. The van der Waals surface area contributed by atoms with Crippen molar-refractivity contribution >= 4 is 23.4 Å². The van der Waals surface area contributed by atoms with Crippen molar-refractivity contribution in [3.05, 3.63) is 59.7 Å². The molecule has 3 rings (SSSR count). The molecule has 2 aromatic rings. The van der Waals surface area contributed by atoms with Gasteiger partial charge >= 0.3 is 6.09 Å². The van der Waals surface area contributed by atoms with Crippen molar-refractivity contribution in [1.29, 1.82) is 0 Å². The summed E-state index contributed by atoms with van der Waals surface area (Å²) < 4.78 is 5.44. The van der Waals surface area contributed by atoms with Crippen LogP contribution >= 0.6 is 0 Å². The lowest BCUT2D eigenvalue weighted by Gasteiger charge is -2.37. The third-order valence-electron chi connectivity index (χ3n) is 6.69. The van der Waals surface area contributed by atoms with Crippen LogP contribution in [0, 0.1) is 0 Å². The lowest BCUT2D eigenvalue weighted by Crippen LogP contribution is -2.60. The van der Waals surface area contributed by atoms with E-state index in [2.05, 4.69) is 42.4 Å². The number of carbonyl (C=O) groups excluding carboxylic acids is 2. The number of anilines is 2. The Morgan fingerprint density at radius 1 is 0.941 bits per heavy atom. The molecule has 0 radical (unpaired) electrons. The van der Waals surface area contributed by atoms with Crippen LogP contribution in [0.15, 0.2) is 48.5 Å². The third kappa shape index (κ3) is 6.52. The summed E-state index contributed by atoms with van der Waals surface area (Å²) in [5.74, 6) is -0.208. The molecule has 2 aromatic carbocycles. The fourth-order valence-corrected chi connectivity index (χ4v) is 4.61. The SMILES string of the molecule is CCCCCCOC(=O)NC1(C(=O)Nc2ccc(N(CC)CC)cc2)CCc2ccccc2C1. The molecule has 0 fully saturated rings. The van der Waals surface area contributed by atoms with Crippen LogP contribution in [0.1, 0.15) is 64.0 Å². The number of carbonyl (C=O) groups is 2. The van der Waals surface area contributed by atoms with Crippen LogP contribution in [0.25, 0.3) is 0 Å². The number of hydrogen-bond acceptors (Lipinski definition) is 4. The van der Waals surface area contributed by atoms with E-state index in [-0.39, 0.29) is 5.91 Å². The van der Waals surface area contributed by atoms with Gasteiger partial charge in [0.15, 0.2) is 0 Å². The van der Waals surface area contributed by atoms with Crippen molar-refractivity contribution in [2.24, 2.45) is 0 Å². The lowest BCUT2D eigenvalue weighted by molar-refractivity contribution is -0.122. The Morgan fingerprint density at radius 2 is 1.65 bits per heavy atom. The van der Waals surface area contributed by atoms with Gasteiger partial charge in [0.1, 0.15) is 5.54 Å². The molecule has 0 saturated carbocycles. The van der Waals surface area contributed by atoms with E-state index in [1.165, 1.54) is 5.56 Å². The zero-order valence-electron chi connectivity index (χ0n) is 20.9. The Morgan fingerprint density at radius 3 is 2.32 bits per heavy atom. The number of ether oxygens (including phenoxy) is 1. The van der Waals surface area contributed by atoms with Crippen LogP contribution in [0.3, 0.4) is 0 Å². The number of unbranched alkanes of at least 4 members (excludes halogenated alkanes) is 3. The van der Waals surface area contributed by atoms with Crippen LogP contribution in [0.2, 0.25) is 0 Å². The van der Waals surface area contributed by atoms with Gasteiger partial charge in [-0.3, -0.25) is 4.79 Å². The van der Waals surface area contributed by atoms with Crippen LogP contribution in [-0.2, 0) is 22.4 Å². The molecule has 2 N–H and O–H groups in total. The van der Waals surface area contributed by atoms with Gasteiger partial charge in [-0.2, -0.15) is 0 Å². The van der Waals surface area contributed by atoms with Crippen molar-refractivity contribution in [1.82, 2.24) is 5.32 Å². The average molecular weight is 466 g/mol. The topological polar surface area (TPSA) is 70.7 Å². The number of amides is 2. The first-order valence-electron chi connectivity index (χ1n) is 12.7. The van der Waals surface area contributed by atoms with E-state index in [9.17, 15) is 9.59 Å². The van der Waals surface area contributed by atoms with Crippen molar-refractivity contribution in [3.63, 3.8) is 0 Å². The molecule has 1 unspecified atom stereocenters. The minimum Gasteiger partial charge on any atom is -0.450 e. The largest absolute Gasteiger partial charge is 0.450 e. The van der Waals surface area contributed by atoms with E-state index < -0.39 is 11.6 Å². The quantitative estimate of drug-likeness (QED) is 0.417. The van der Waals surface area contributed by atoms with Gasteiger partial charge in [-0.25, -0.2) is 4.79 Å². The summed E-state index contributed by atoms with van der Waals surface area (Å²) in [4.78, 5) is 28.5. The highest BCUT2D eigenvalue weighted by Crippen LogP contribution is 2.30. The molecular weight excluding hydrogens is 426 g/mol. The molecule has 2 amide bonds. The van der Waals surface area contributed by atoms with Gasteiger partial charge in [0, 0.05) is 30.9 Å². The van der Waals surface area contributed by atoms with Gasteiger partial charge in [0.25, 0.3) is 5.91 Å². The summed E-state index contributed by atoms with van der Waals surface area (Å²) in [5, 5.41) is 6.00. The molecule has 1 aliphatic carbocycles. The number of aryl methyl sites for hydroxylation is 1. The van der Waals surface area contributed by atoms with Gasteiger partial charge in [-0.15, -0.1) is 0 Å². The van der Waals surface area contributed by atoms with Crippen LogP contribution in [0.4, 0.5) is 16.2 Å². The highest BCUT2D eigenvalue weighted by atomic mass is 16.5. The molecule has 0 bridgehead atoms. The number of rotatable bonds is 11. The summed E-state index contributed by atoms with van der Waals surface area (Å²) in [6, 6.07) is 16.0. The molecule has 6 heteroatoms. The minimum atomic E-state index is -1.05. The fraction of sp³-hybridized carbons (Fsp3) is 0.500. The molecule has 6 nitrogen and oxygen atoms in total. The Labute approximate surface area is 204 Å². The average Bonchev–Trinajstić information content (AvgIpc) is 2.85. The number of hydrogen-bond donors (Lipinski definition) is 2. The van der Waals surface area contributed by atoms with E-state index >= 15 is 0 Å². The fourth-order valence-electron chi connectivity index (χ4n) is 4.61. The molecule has 0 spiro atoms. The lowest BCUT2D eigenvalue weighted by atomic mass is 9.77. The number of alkyl carbamates (subject to hydrolysis) is 1. The van der Waals surface area contributed by atoms with E-state index in [1.54, 1.807) is 0 Å². The number of fused-ring (bicyclic) bond motifs is 1. The summed E-state index contributed by atoms with van der Waals surface area (Å²) in [7, 11) is 0. The Bertz CT molecular complexity index is 940. The first-order chi connectivity index (χ1) is 16.5. The second kappa shape index (κ2) is 12.4. The van der Waals surface area contributed by atoms with E-state index in [0.717, 1.165) is 56.4 Å². The molecule has 0 saturated heterocycles. The summed E-state index contributed by atoms with van der Waals surface area (Å²) >= 11 is 0. The standard InChI is InChI=1S/C28H39N3O3/c1-4-7-8-11-20-34-27(33)30-28(19-18-22-12-9-10-13-23(22)21-28)26(32)29-24-14-16-25(17-15-24)31(5-2)6-3/h9-10,12-17H,4-8,11,18-21H2,1-3H3,(H,29,32)(H,30,33). The maximum Gasteiger partial charge on any atom is 0.408 e. The molecular formula is C28H39N3O3. The minimum absolute atomic E-state index is 0.208. The number of nitrogens with one attached hydrogen (secondary N) is 2. The number of nitrogens with zero attached hydrogens (tertiary/aromatic N) is 1. The van der Waals surface area contributed by atoms with Crippen molar-refractivity contribution in [2.45, 2.75) is 71.3 Å². The maximum atomic E-state index is 13.6. The van der Waals surface area contributed by atoms with Gasteiger partial charge in [-0.1, -0.05) is 50.5 Å². The van der Waals surface area contributed by atoms with Crippen LogP contribution < -0.4 is 15.5 Å². The Kier molecular flexibility index (Phi) is 9.37. The van der Waals surface area contributed by atoms with E-state index in [4.69, 9.17) is 4.74 Å². The van der Waals surface area contributed by atoms with Crippen LogP contribution in [-0.4, -0.2) is 37.2 Å². The molecule has 184 valence electrons. The molecule has 0 aromatic heterocycles.